The molecular weight excluding hydrogens is 164 g/mol. The average molecular weight is 170 g/mol. The SMILES string of the molecule is O=P(O)(O)O.[H-].[H-].[H-].[Na+].[Na+].[Na+]. The van der Waals surface area contributed by atoms with Gasteiger partial charge in [0.1, 0.15) is 0 Å². The largest absolute Gasteiger partial charge is 1.00 e. The van der Waals surface area contributed by atoms with Crippen LogP contribution < -0.4 is 88.7 Å². The van der Waals surface area contributed by atoms with Crippen LogP contribution in [0.15, 0.2) is 0 Å². The number of hydrogen-bond acceptors (Lipinski definition) is 1. The van der Waals surface area contributed by atoms with Gasteiger partial charge >= 0.3 is 96.5 Å². The van der Waals surface area contributed by atoms with Gasteiger partial charge in [-0.2, -0.15) is 0 Å². The molecule has 4 nitrogen and oxygen atoms in total. The molecule has 0 bridgehead atoms. The van der Waals surface area contributed by atoms with Gasteiger partial charge in [0.25, 0.3) is 0 Å². The van der Waals surface area contributed by atoms with Crippen LogP contribution in [0, 0.1) is 0 Å². The monoisotopic (exact) mass is 170 g/mol. The topological polar surface area (TPSA) is 77.8 Å². The van der Waals surface area contributed by atoms with Crippen LogP contribution in [0.4, 0.5) is 0 Å². The number of hydrogen-bond donors (Lipinski definition) is 3. The molecular formula is H6Na3O4P. The third-order valence-electron chi connectivity index (χ3n) is 0. The van der Waals surface area contributed by atoms with E-state index in [1.54, 1.807) is 0 Å². The first-order valence-corrected chi connectivity index (χ1v) is 2.35. The molecule has 0 aliphatic heterocycles. The third-order valence-corrected chi connectivity index (χ3v) is 0. The predicted molar refractivity (Wildman–Crippen MR) is 17.6 cm³/mol. The summed E-state index contributed by atoms with van der Waals surface area (Å²) in [7, 11) is -4.64. The molecule has 0 aromatic heterocycles. The molecule has 0 radical (unpaired) electrons. The van der Waals surface area contributed by atoms with Gasteiger partial charge in [-0.15, -0.1) is 0 Å². The van der Waals surface area contributed by atoms with E-state index in [4.69, 9.17) is 19.2 Å². The van der Waals surface area contributed by atoms with Crippen molar-refractivity contribution < 1.29 is 112 Å². The summed E-state index contributed by atoms with van der Waals surface area (Å²) < 4.78 is 8.88. The van der Waals surface area contributed by atoms with Gasteiger partial charge in [0.2, 0.25) is 0 Å². The summed E-state index contributed by atoms with van der Waals surface area (Å²) in [6.45, 7) is 0. The summed E-state index contributed by atoms with van der Waals surface area (Å²) in [4.78, 5) is 21.6. The van der Waals surface area contributed by atoms with Crippen molar-refractivity contribution in [2.24, 2.45) is 0 Å². The Kier molecular flexibility index (Phi) is 28.4. The zero-order valence-electron chi connectivity index (χ0n) is 8.20. The second kappa shape index (κ2) is 10.1. The molecule has 3 N–H and O–H groups in total. The Morgan fingerprint density at radius 3 is 1.00 bits per heavy atom. The van der Waals surface area contributed by atoms with Crippen molar-refractivity contribution in [2.45, 2.75) is 0 Å². The summed E-state index contributed by atoms with van der Waals surface area (Å²) in [6.07, 6.45) is 0. The van der Waals surface area contributed by atoms with E-state index in [0.717, 1.165) is 0 Å². The minimum absolute atomic E-state index is 0. The van der Waals surface area contributed by atoms with Gasteiger partial charge in [0.05, 0.1) is 0 Å². The molecule has 0 aliphatic rings. The smallest absolute Gasteiger partial charge is 1.00 e. The van der Waals surface area contributed by atoms with Crippen molar-refractivity contribution in [2.75, 3.05) is 0 Å². The van der Waals surface area contributed by atoms with E-state index in [2.05, 4.69) is 0 Å². The Morgan fingerprint density at radius 1 is 1.00 bits per heavy atom. The zero-order valence-corrected chi connectivity index (χ0v) is 12.1. The third kappa shape index (κ3) is 61.9. The van der Waals surface area contributed by atoms with E-state index in [1.165, 1.54) is 0 Å². The van der Waals surface area contributed by atoms with Crippen molar-refractivity contribution >= 4 is 7.82 Å². The van der Waals surface area contributed by atoms with Crippen molar-refractivity contribution in [3.05, 3.63) is 0 Å². The molecule has 0 rings (SSSR count). The maximum atomic E-state index is 8.88. The Bertz CT molecular complexity index is 66.7. The predicted octanol–water partition coefficient (Wildman–Crippen LogP) is -9.58. The van der Waals surface area contributed by atoms with Crippen molar-refractivity contribution in [1.82, 2.24) is 0 Å². The quantitative estimate of drug-likeness (QED) is 0.249. The molecule has 38 valence electrons. The van der Waals surface area contributed by atoms with Crippen LogP contribution in [0.25, 0.3) is 0 Å². The first kappa shape index (κ1) is 22.5. The van der Waals surface area contributed by atoms with Crippen molar-refractivity contribution in [1.29, 1.82) is 0 Å². The summed E-state index contributed by atoms with van der Waals surface area (Å²) >= 11 is 0. The standard InChI is InChI=1S/3Na.H3O4P.3H/c;;;1-5(2,3)4;;;/h;;;(H3,1,2,3,4);;;/q3*+1;;3*-1. The van der Waals surface area contributed by atoms with Gasteiger partial charge in [-0.25, -0.2) is 4.57 Å². The van der Waals surface area contributed by atoms with E-state index in [-0.39, 0.29) is 93.0 Å². The van der Waals surface area contributed by atoms with Gasteiger partial charge in [-0.1, -0.05) is 0 Å². The van der Waals surface area contributed by atoms with E-state index < -0.39 is 7.82 Å². The van der Waals surface area contributed by atoms with Crippen LogP contribution in [0.2, 0.25) is 0 Å². The molecule has 8 heavy (non-hydrogen) atoms. The molecule has 8 heteroatoms. The zero-order chi connectivity index (χ0) is 4.50. The summed E-state index contributed by atoms with van der Waals surface area (Å²) in [5, 5.41) is 0. The van der Waals surface area contributed by atoms with Crippen molar-refractivity contribution in [3.8, 4) is 0 Å². The molecule has 0 aromatic rings. The Balaban J connectivity index is -0.00000000533. The Labute approximate surface area is 118 Å². The van der Waals surface area contributed by atoms with Gasteiger partial charge in [0.15, 0.2) is 0 Å². The fourth-order valence-electron chi connectivity index (χ4n) is 0. The number of phosphoric acid groups is 1. The van der Waals surface area contributed by atoms with Gasteiger partial charge in [-0.05, 0) is 0 Å². The van der Waals surface area contributed by atoms with Crippen molar-refractivity contribution in [3.63, 3.8) is 0 Å². The second-order valence-corrected chi connectivity index (χ2v) is 1.54. The molecule has 0 saturated heterocycles. The van der Waals surface area contributed by atoms with Crippen LogP contribution >= 0.6 is 7.82 Å². The normalized spacial score (nSPS) is 7.38. The van der Waals surface area contributed by atoms with Crippen LogP contribution in [-0.4, -0.2) is 14.7 Å². The molecule has 0 aromatic carbocycles. The second-order valence-electron chi connectivity index (χ2n) is 0.513. The van der Waals surface area contributed by atoms with Crippen LogP contribution in [-0.2, 0) is 4.57 Å². The molecule has 0 aliphatic carbocycles. The maximum Gasteiger partial charge on any atom is 1.00 e. The maximum absolute atomic E-state index is 8.88. The molecule has 0 unspecified atom stereocenters. The fourth-order valence-corrected chi connectivity index (χ4v) is 0. The summed E-state index contributed by atoms with van der Waals surface area (Å²) in [5.41, 5.74) is 0. The number of rotatable bonds is 0. The molecule has 0 fully saturated rings. The molecule has 0 saturated carbocycles. The molecule has 0 atom stereocenters. The summed E-state index contributed by atoms with van der Waals surface area (Å²) in [6, 6.07) is 0. The minimum Gasteiger partial charge on any atom is -1.00 e. The first-order chi connectivity index (χ1) is 2.00. The van der Waals surface area contributed by atoms with Crippen LogP contribution in [0.5, 0.6) is 0 Å². The molecule has 0 heterocycles. The van der Waals surface area contributed by atoms with Gasteiger partial charge < -0.3 is 19.0 Å². The molecule has 0 spiro atoms. The van der Waals surface area contributed by atoms with E-state index in [0.29, 0.717) is 0 Å². The first-order valence-electron chi connectivity index (χ1n) is 0.783. The van der Waals surface area contributed by atoms with Crippen LogP contribution in [0.1, 0.15) is 4.28 Å². The average Bonchev–Trinajstić information content (AvgIpc) is 0.722. The van der Waals surface area contributed by atoms with Crippen LogP contribution in [0.3, 0.4) is 0 Å². The Hall–Kier alpha value is 3.11. The fraction of sp³-hybridized carbons (Fsp3) is 0. The summed E-state index contributed by atoms with van der Waals surface area (Å²) in [5.74, 6) is 0. The van der Waals surface area contributed by atoms with E-state index in [1.807, 2.05) is 0 Å². The minimum atomic E-state index is -4.64. The van der Waals surface area contributed by atoms with Gasteiger partial charge in [-0.3, -0.25) is 0 Å². The van der Waals surface area contributed by atoms with E-state index in [9.17, 15) is 0 Å². The Morgan fingerprint density at radius 2 is 1.00 bits per heavy atom. The molecule has 0 amide bonds. The van der Waals surface area contributed by atoms with E-state index >= 15 is 0 Å². The van der Waals surface area contributed by atoms with Gasteiger partial charge in [0, 0.05) is 0 Å².